The van der Waals surface area contributed by atoms with Crippen LogP contribution in [0.5, 0.6) is 0 Å². The molecule has 0 fully saturated rings. The second-order valence-electron chi connectivity index (χ2n) is 7.14. The second-order valence-corrected chi connectivity index (χ2v) is 8.17. The topological polar surface area (TPSA) is 109 Å². The van der Waals surface area contributed by atoms with Crippen molar-refractivity contribution in [1.82, 2.24) is 30.1 Å². The third-order valence-corrected chi connectivity index (χ3v) is 6.06. The number of halogens is 1. The van der Waals surface area contributed by atoms with Gasteiger partial charge >= 0.3 is 0 Å². The van der Waals surface area contributed by atoms with Gasteiger partial charge in [0, 0.05) is 57.1 Å². The van der Waals surface area contributed by atoms with Crippen molar-refractivity contribution in [1.29, 1.82) is 0 Å². The first-order valence-electron chi connectivity index (χ1n) is 9.43. The van der Waals surface area contributed by atoms with Gasteiger partial charge in [-0.2, -0.15) is 9.49 Å². The lowest BCUT2D eigenvalue weighted by Crippen LogP contribution is -1.88. The predicted octanol–water partition coefficient (Wildman–Crippen LogP) is 5.01. The summed E-state index contributed by atoms with van der Waals surface area (Å²) in [5, 5.41) is 9.02. The molecule has 0 aliphatic heterocycles. The zero-order valence-electron chi connectivity index (χ0n) is 15.9. The number of aromatic amines is 2. The first-order chi connectivity index (χ1) is 15.2. The zero-order valence-corrected chi connectivity index (χ0v) is 16.7. The van der Waals surface area contributed by atoms with E-state index in [1.807, 2.05) is 18.2 Å². The Bertz CT molecular complexity index is 1580. The molecule has 31 heavy (non-hydrogen) atoms. The maximum Gasteiger partial charge on any atom is 0.181 e. The van der Waals surface area contributed by atoms with Gasteiger partial charge in [0.05, 0.1) is 28.8 Å². The van der Waals surface area contributed by atoms with Crippen molar-refractivity contribution >= 4 is 39.0 Å². The van der Waals surface area contributed by atoms with E-state index in [0.29, 0.717) is 11.3 Å². The number of hydrogen-bond donors (Lipinski definition) is 3. The summed E-state index contributed by atoms with van der Waals surface area (Å²) in [6, 6.07) is 9.12. The quantitative estimate of drug-likeness (QED) is 0.368. The molecular formula is C22H14FN7S. The van der Waals surface area contributed by atoms with Gasteiger partial charge in [-0.25, -0.2) is 4.98 Å². The summed E-state index contributed by atoms with van der Waals surface area (Å²) in [5.74, 6) is 0. The molecule has 0 aliphatic carbocycles. The Balaban J connectivity index is 1.51. The number of anilines is 1. The minimum Gasteiger partial charge on any atom is -0.397 e. The SMILES string of the molecule is Nc1cncc(-c2cnc3n[nH]c(-c4cc5c(-c6ccc(F)s6)cncc5[nH]4)c3c2)c1. The van der Waals surface area contributed by atoms with Crippen LogP contribution in [0.15, 0.2) is 61.3 Å². The normalized spacial score (nSPS) is 11.5. The number of H-pyrrole nitrogens is 2. The van der Waals surface area contributed by atoms with Gasteiger partial charge in [-0.1, -0.05) is 0 Å². The van der Waals surface area contributed by atoms with Gasteiger partial charge in [-0.3, -0.25) is 15.1 Å². The van der Waals surface area contributed by atoms with Crippen LogP contribution >= 0.6 is 11.3 Å². The number of nitrogens with two attached hydrogens (primary N) is 1. The fourth-order valence-electron chi connectivity index (χ4n) is 3.72. The largest absolute Gasteiger partial charge is 0.397 e. The molecule has 6 heterocycles. The van der Waals surface area contributed by atoms with E-state index in [4.69, 9.17) is 5.73 Å². The van der Waals surface area contributed by atoms with Crippen molar-refractivity contribution in [3.63, 3.8) is 0 Å². The smallest absolute Gasteiger partial charge is 0.181 e. The molecule has 0 aliphatic rings. The highest BCUT2D eigenvalue weighted by molar-refractivity contribution is 7.14. The number of aromatic nitrogens is 6. The molecule has 0 saturated carbocycles. The molecule has 0 saturated heterocycles. The number of nitrogens with zero attached hydrogens (tertiary/aromatic N) is 4. The van der Waals surface area contributed by atoms with Crippen LogP contribution < -0.4 is 5.73 Å². The molecule has 6 aromatic heterocycles. The van der Waals surface area contributed by atoms with Crippen LogP contribution in [0.4, 0.5) is 10.1 Å². The summed E-state index contributed by atoms with van der Waals surface area (Å²) < 4.78 is 13.6. The predicted molar refractivity (Wildman–Crippen MR) is 120 cm³/mol. The van der Waals surface area contributed by atoms with Gasteiger partial charge in [-0.05, 0) is 30.3 Å². The first-order valence-corrected chi connectivity index (χ1v) is 10.3. The van der Waals surface area contributed by atoms with E-state index in [9.17, 15) is 4.39 Å². The number of fused-ring (bicyclic) bond motifs is 2. The van der Waals surface area contributed by atoms with E-state index in [1.54, 1.807) is 37.1 Å². The third-order valence-electron chi connectivity index (χ3n) is 5.16. The van der Waals surface area contributed by atoms with Crippen molar-refractivity contribution < 1.29 is 4.39 Å². The van der Waals surface area contributed by atoms with Crippen LogP contribution in [0.25, 0.3) is 54.9 Å². The van der Waals surface area contributed by atoms with Crippen LogP contribution in [-0.4, -0.2) is 30.1 Å². The second kappa shape index (κ2) is 6.71. The molecule has 9 heteroatoms. The highest BCUT2D eigenvalue weighted by Gasteiger charge is 2.15. The maximum absolute atomic E-state index is 13.6. The van der Waals surface area contributed by atoms with E-state index in [2.05, 4.69) is 30.1 Å². The summed E-state index contributed by atoms with van der Waals surface area (Å²) in [6.45, 7) is 0. The Labute approximate surface area is 178 Å². The number of rotatable bonds is 3. The van der Waals surface area contributed by atoms with E-state index < -0.39 is 0 Å². The standard InChI is InChI=1S/C22H14FN7S/c23-20-2-1-19(31-20)16-9-26-10-18-14(16)5-17(28-18)21-15-4-12(7-27-22(15)30-29-21)11-3-13(24)8-25-6-11/h1-10,28H,24H2,(H,27,29,30). The lowest BCUT2D eigenvalue weighted by atomic mass is 10.1. The number of nitrogens with one attached hydrogen (secondary N) is 2. The van der Waals surface area contributed by atoms with Gasteiger partial charge in [0.2, 0.25) is 0 Å². The number of pyridine rings is 3. The fourth-order valence-corrected chi connectivity index (χ4v) is 4.47. The molecule has 0 bridgehead atoms. The van der Waals surface area contributed by atoms with Gasteiger partial charge < -0.3 is 10.7 Å². The first kappa shape index (κ1) is 17.7. The third kappa shape index (κ3) is 2.94. The van der Waals surface area contributed by atoms with Crippen molar-refractivity contribution in [2.45, 2.75) is 0 Å². The molecule has 4 N–H and O–H groups in total. The van der Waals surface area contributed by atoms with Crippen molar-refractivity contribution in [2.75, 3.05) is 5.73 Å². The van der Waals surface area contributed by atoms with Crippen LogP contribution in [-0.2, 0) is 0 Å². The lowest BCUT2D eigenvalue weighted by molar-refractivity contribution is 0.657. The summed E-state index contributed by atoms with van der Waals surface area (Å²) in [4.78, 5) is 17.2. The minimum absolute atomic E-state index is 0.225. The van der Waals surface area contributed by atoms with Crippen molar-refractivity contribution in [3.05, 3.63) is 66.4 Å². The minimum atomic E-state index is -0.225. The Morgan fingerprint density at radius 2 is 1.77 bits per heavy atom. The fraction of sp³-hybridized carbons (Fsp3) is 0. The molecular weight excluding hydrogens is 413 g/mol. The summed E-state index contributed by atoms with van der Waals surface area (Å²) in [7, 11) is 0. The molecule has 0 amide bonds. The molecule has 150 valence electrons. The monoisotopic (exact) mass is 427 g/mol. The lowest BCUT2D eigenvalue weighted by Gasteiger charge is -2.02. The molecule has 6 aromatic rings. The van der Waals surface area contributed by atoms with Crippen LogP contribution in [0.2, 0.25) is 0 Å². The average molecular weight is 427 g/mol. The zero-order chi connectivity index (χ0) is 20.9. The molecule has 0 radical (unpaired) electrons. The molecule has 0 atom stereocenters. The number of nitrogen functional groups attached to an aromatic ring is 1. The molecule has 6 rings (SSSR count). The van der Waals surface area contributed by atoms with E-state index >= 15 is 0 Å². The average Bonchev–Trinajstić information content (AvgIpc) is 3.50. The van der Waals surface area contributed by atoms with Gasteiger partial charge in [0.25, 0.3) is 0 Å². The Morgan fingerprint density at radius 3 is 2.61 bits per heavy atom. The van der Waals surface area contributed by atoms with E-state index in [-0.39, 0.29) is 5.13 Å². The highest BCUT2D eigenvalue weighted by atomic mass is 32.1. The number of thiophene rings is 1. The summed E-state index contributed by atoms with van der Waals surface area (Å²) in [6.07, 6.45) is 8.62. The Kier molecular flexibility index (Phi) is 3.84. The molecule has 7 nitrogen and oxygen atoms in total. The van der Waals surface area contributed by atoms with Crippen LogP contribution in [0.3, 0.4) is 0 Å². The molecule has 0 unspecified atom stereocenters. The van der Waals surface area contributed by atoms with E-state index in [1.165, 1.54) is 6.07 Å². The maximum atomic E-state index is 13.6. The van der Waals surface area contributed by atoms with Gasteiger partial charge in [0.1, 0.15) is 0 Å². The van der Waals surface area contributed by atoms with Crippen LogP contribution in [0, 0.1) is 5.13 Å². The Morgan fingerprint density at radius 1 is 0.903 bits per heavy atom. The summed E-state index contributed by atoms with van der Waals surface area (Å²) in [5.41, 5.74) is 12.2. The van der Waals surface area contributed by atoms with Crippen molar-refractivity contribution in [3.8, 4) is 33.0 Å². The van der Waals surface area contributed by atoms with Crippen LogP contribution in [0.1, 0.15) is 0 Å². The summed E-state index contributed by atoms with van der Waals surface area (Å²) >= 11 is 1.10. The Hall–Kier alpha value is -4.11. The highest BCUT2D eigenvalue weighted by Crippen LogP contribution is 2.36. The van der Waals surface area contributed by atoms with E-state index in [0.717, 1.165) is 60.6 Å². The number of hydrogen-bond acceptors (Lipinski definition) is 6. The van der Waals surface area contributed by atoms with Gasteiger partial charge in [0.15, 0.2) is 10.8 Å². The van der Waals surface area contributed by atoms with Gasteiger partial charge in [-0.15, -0.1) is 11.3 Å². The molecule has 0 spiro atoms. The van der Waals surface area contributed by atoms with Crippen molar-refractivity contribution in [2.24, 2.45) is 0 Å². The molecule has 0 aromatic carbocycles.